The van der Waals surface area contributed by atoms with E-state index in [0.29, 0.717) is 0 Å². The Morgan fingerprint density at radius 1 is 0.870 bits per heavy atom. The van der Waals surface area contributed by atoms with Gasteiger partial charge < -0.3 is 19.5 Å². The maximum absolute atomic E-state index is 14.3. The molecular formula is C32H26F5N3O6. The third-order valence-corrected chi connectivity index (χ3v) is 6.95. The van der Waals surface area contributed by atoms with Crippen molar-refractivity contribution < 1.29 is 50.5 Å². The summed E-state index contributed by atoms with van der Waals surface area (Å²) in [6.45, 7) is 4.72. The molecule has 14 heteroatoms. The summed E-state index contributed by atoms with van der Waals surface area (Å²) in [6, 6.07) is 13.2. The number of rotatable bonds is 7. The molecule has 240 valence electrons. The lowest BCUT2D eigenvalue weighted by atomic mass is 9.98. The molecule has 0 saturated heterocycles. The number of esters is 1. The highest BCUT2D eigenvalue weighted by Crippen LogP contribution is 2.44. The lowest BCUT2D eigenvalue weighted by Gasteiger charge is -2.19. The number of carbonyl (C=O) groups excluding carboxylic acids is 3. The first kappa shape index (κ1) is 32.1. The molecule has 0 aliphatic heterocycles. The smallest absolute Gasteiger partial charge is 0.419 e. The minimum atomic E-state index is -2.45. The quantitative estimate of drug-likeness (QED) is 0.0815. The Bertz CT molecular complexity index is 1760. The van der Waals surface area contributed by atoms with Gasteiger partial charge in [-0.1, -0.05) is 48.5 Å². The number of nitrogens with one attached hydrogen (secondary N) is 1. The van der Waals surface area contributed by atoms with E-state index in [2.05, 4.69) is 15.0 Å². The standard InChI is InChI=1S/C32H26F5N3O6/c1-32(2,3)46-31(43)40-13-16(38-15-40)12-22(29(41)45-28-26(36)24(34)23(33)25(35)27(28)37)39-30(42)44-14-21-19-10-6-4-8-17(19)18-9-5-7-11-20(18)21/h4-11,13,15,21-22H,12,14H2,1-3H3,(H,39,42)/t22-/m0/s1. The van der Waals surface area contributed by atoms with Gasteiger partial charge in [-0.05, 0) is 43.0 Å². The second kappa shape index (κ2) is 12.6. The Morgan fingerprint density at radius 2 is 1.41 bits per heavy atom. The van der Waals surface area contributed by atoms with Crippen LogP contribution in [0.15, 0.2) is 61.1 Å². The molecule has 0 saturated carbocycles. The average Bonchev–Trinajstić information content (AvgIpc) is 3.62. The van der Waals surface area contributed by atoms with Gasteiger partial charge in [0, 0.05) is 18.5 Å². The normalized spacial score (nSPS) is 13.0. The zero-order valence-corrected chi connectivity index (χ0v) is 24.6. The molecule has 0 radical (unpaired) electrons. The van der Waals surface area contributed by atoms with Gasteiger partial charge in [-0.25, -0.2) is 37.1 Å². The highest BCUT2D eigenvalue weighted by atomic mass is 19.2. The number of hydrogen-bond acceptors (Lipinski definition) is 7. The van der Waals surface area contributed by atoms with Crippen molar-refractivity contribution in [2.75, 3.05) is 6.61 Å². The van der Waals surface area contributed by atoms with Crippen LogP contribution in [0.3, 0.4) is 0 Å². The average molecular weight is 644 g/mol. The maximum atomic E-state index is 14.3. The molecule has 1 amide bonds. The Morgan fingerprint density at radius 3 is 1.98 bits per heavy atom. The first-order chi connectivity index (χ1) is 21.7. The number of nitrogens with zero attached hydrogens (tertiary/aromatic N) is 2. The molecule has 1 atom stereocenters. The van der Waals surface area contributed by atoms with Crippen LogP contribution in [-0.2, 0) is 20.7 Å². The van der Waals surface area contributed by atoms with E-state index in [9.17, 15) is 36.3 Å². The molecule has 0 unspecified atom stereocenters. The number of carbonyl (C=O) groups is 3. The molecule has 0 fully saturated rings. The number of ether oxygens (including phenoxy) is 3. The van der Waals surface area contributed by atoms with Crippen LogP contribution in [-0.4, -0.2) is 46.0 Å². The second-order valence-electron chi connectivity index (χ2n) is 11.3. The number of amides is 1. The summed E-state index contributed by atoms with van der Waals surface area (Å²) in [5.41, 5.74) is 2.84. The minimum absolute atomic E-state index is 0.0100. The van der Waals surface area contributed by atoms with Gasteiger partial charge in [-0.3, -0.25) is 0 Å². The summed E-state index contributed by atoms with van der Waals surface area (Å²) in [6.07, 6.45) is -0.312. The molecule has 0 bridgehead atoms. The van der Waals surface area contributed by atoms with E-state index >= 15 is 0 Å². The van der Waals surface area contributed by atoms with Gasteiger partial charge in [0.15, 0.2) is 0 Å². The molecular weight excluding hydrogens is 617 g/mol. The van der Waals surface area contributed by atoms with Crippen molar-refractivity contribution in [2.24, 2.45) is 0 Å². The topological polar surface area (TPSA) is 109 Å². The summed E-state index contributed by atoms with van der Waals surface area (Å²) < 4.78 is 85.9. The summed E-state index contributed by atoms with van der Waals surface area (Å²) >= 11 is 0. The van der Waals surface area contributed by atoms with Gasteiger partial charge in [0.25, 0.3) is 0 Å². The van der Waals surface area contributed by atoms with Crippen LogP contribution in [0, 0.1) is 29.1 Å². The molecule has 0 spiro atoms. The van der Waals surface area contributed by atoms with E-state index in [1.165, 1.54) is 0 Å². The summed E-state index contributed by atoms with van der Waals surface area (Å²) in [5.74, 6) is -15.7. The molecule has 5 rings (SSSR count). The van der Waals surface area contributed by atoms with E-state index in [1.54, 1.807) is 20.8 Å². The van der Waals surface area contributed by atoms with Gasteiger partial charge in [0.2, 0.25) is 34.8 Å². The molecule has 1 N–H and O–H groups in total. The Hall–Kier alpha value is -5.27. The van der Waals surface area contributed by atoms with Crippen molar-refractivity contribution in [3.8, 4) is 16.9 Å². The van der Waals surface area contributed by atoms with Gasteiger partial charge in [0.05, 0.1) is 5.69 Å². The van der Waals surface area contributed by atoms with Crippen molar-refractivity contribution in [3.63, 3.8) is 0 Å². The summed E-state index contributed by atoms with van der Waals surface area (Å²) in [5, 5.41) is 2.21. The highest BCUT2D eigenvalue weighted by Gasteiger charge is 2.33. The fraction of sp³-hybridized carbons (Fsp3) is 0.250. The Balaban J connectivity index is 1.36. The van der Waals surface area contributed by atoms with Gasteiger partial charge in [0.1, 0.15) is 24.6 Å². The minimum Gasteiger partial charge on any atom is -0.449 e. The van der Waals surface area contributed by atoms with E-state index in [1.807, 2.05) is 48.5 Å². The molecule has 1 heterocycles. The number of benzene rings is 3. The third kappa shape index (κ3) is 6.55. The van der Waals surface area contributed by atoms with E-state index in [4.69, 9.17) is 9.47 Å². The molecule has 46 heavy (non-hydrogen) atoms. The van der Waals surface area contributed by atoms with Crippen molar-refractivity contribution in [2.45, 2.75) is 44.8 Å². The van der Waals surface area contributed by atoms with Crippen molar-refractivity contribution >= 4 is 18.2 Å². The predicted molar refractivity (Wildman–Crippen MR) is 151 cm³/mol. The number of imidazole rings is 1. The lowest BCUT2D eigenvalue weighted by molar-refractivity contribution is -0.137. The van der Waals surface area contributed by atoms with E-state index < -0.39 is 71.1 Å². The fourth-order valence-corrected chi connectivity index (χ4v) is 4.91. The largest absolute Gasteiger partial charge is 0.449 e. The number of halogens is 5. The highest BCUT2D eigenvalue weighted by molar-refractivity contribution is 5.84. The molecule has 1 aliphatic carbocycles. The molecule has 3 aromatic carbocycles. The van der Waals surface area contributed by atoms with Crippen LogP contribution in [0.25, 0.3) is 11.1 Å². The zero-order valence-electron chi connectivity index (χ0n) is 24.6. The van der Waals surface area contributed by atoms with Crippen LogP contribution >= 0.6 is 0 Å². The van der Waals surface area contributed by atoms with Crippen molar-refractivity contribution in [3.05, 3.63) is 107 Å². The second-order valence-corrected chi connectivity index (χ2v) is 11.3. The number of alkyl carbamates (subject to hydrolysis) is 1. The summed E-state index contributed by atoms with van der Waals surface area (Å²) in [4.78, 5) is 42.5. The summed E-state index contributed by atoms with van der Waals surface area (Å²) in [7, 11) is 0. The zero-order chi connectivity index (χ0) is 33.3. The van der Waals surface area contributed by atoms with Crippen LogP contribution < -0.4 is 10.1 Å². The van der Waals surface area contributed by atoms with Crippen molar-refractivity contribution in [1.29, 1.82) is 0 Å². The SMILES string of the molecule is CC(C)(C)OC(=O)n1cnc(C[C@H](NC(=O)OCC2c3ccccc3-c3ccccc32)C(=O)Oc2c(F)c(F)c(F)c(F)c2F)c1. The molecule has 9 nitrogen and oxygen atoms in total. The lowest BCUT2D eigenvalue weighted by Crippen LogP contribution is -2.45. The number of aromatic nitrogens is 2. The predicted octanol–water partition coefficient (Wildman–Crippen LogP) is 6.42. The first-order valence-electron chi connectivity index (χ1n) is 13.9. The number of hydrogen-bond donors (Lipinski definition) is 1. The van der Waals surface area contributed by atoms with Gasteiger partial charge in [-0.2, -0.15) is 8.78 Å². The number of fused-ring (bicyclic) bond motifs is 3. The van der Waals surface area contributed by atoms with E-state index in [0.717, 1.165) is 39.3 Å². The monoisotopic (exact) mass is 643 g/mol. The fourth-order valence-electron chi connectivity index (χ4n) is 4.91. The Labute approximate surface area is 258 Å². The van der Waals surface area contributed by atoms with Crippen LogP contribution in [0.5, 0.6) is 5.75 Å². The van der Waals surface area contributed by atoms with E-state index in [-0.39, 0.29) is 18.2 Å². The van der Waals surface area contributed by atoms with Gasteiger partial charge >= 0.3 is 18.2 Å². The van der Waals surface area contributed by atoms with Crippen LogP contribution in [0.4, 0.5) is 31.5 Å². The Kier molecular flexibility index (Phi) is 8.81. The molecule has 1 aromatic heterocycles. The van der Waals surface area contributed by atoms with Gasteiger partial charge in [-0.15, -0.1) is 0 Å². The van der Waals surface area contributed by atoms with Crippen molar-refractivity contribution in [1.82, 2.24) is 14.9 Å². The van der Waals surface area contributed by atoms with Crippen LogP contribution in [0.1, 0.15) is 43.5 Å². The molecule has 1 aliphatic rings. The first-order valence-corrected chi connectivity index (χ1v) is 13.9. The molecule has 4 aromatic rings. The maximum Gasteiger partial charge on any atom is 0.419 e. The third-order valence-electron chi connectivity index (χ3n) is 6.95. The van der Waals surface area contributed by atoms with Crippen LogP contribution in [0.2, 0.25) is 0 Å².